The Hall–Kier alpha value is -0.610. The van der Waals surface area contributed by atoms with Gasteiger partial charge in [0.15, 0.2) is 5.13 Å². The van der Waals surface area contributed by atoms with Gasteiger partial charge in [0.25, 0.3) is 0 Å². The van der Waals surface area contributed by atoms with Crippen LogP contribution in [0.2, 0.25) is 0 Å². The second-order valence-electron chi connectivity index (χ2n) is 3.75. The van der Waals surface area contributed by atoms with Gasteiger partial charge in [-0.1, -0.05) is 0 Å². The molecule has 0 radical (unpaired) electrons. The average Bonchev–Trinajstić information content (AvgIpc) is 2.86. The number of thiazole rings is 1. The van der Waals surface area contributed by atoms with Gasteiger partial charge in [-0.25, -0.2) is 4.98 Å². The molecule has 0 bridgehead atoms. The molecule has 3 nitrogen and oxygen atoms in total. The first-order valence-corrected chi connectivity index (χ1v) is 6.01. The molecule has 78 valence electrons. The average molecular weight is 211 g/mol. The van der Waals surface area contributed by atoms with E-state index >= 15 is 0 Å². The number of nitrogens with one attached hydrogen (secondary N) is 1. The summed E-state index contributed by atoms with van der Waals surface area (Å²) in [6.45, 7) is 4.53. The molecule has 0 aromatic carbocycles. The predicted octanol–water partition coefficient (Wildman–Crippen LogP) is 2.02. The summed E-state index contributed by atoms with van der Waals surface area (Å²) in [5, 5.41) is 4.43. The lowest BCUT2D eigenvalue weighted by atomic mass is 10.3. The number of rotatable bonds is 3. The van der Waals surface area contributed by atoms with Crippen molar-refractivity contribution in [1.29, 1.82) is 0 Å². The molecule has 2 heterocycles. The van der Waals surface area contributed by atoms with Crippen LogP contribution in [0.1, 0.15) is 30.7 Å². The Morgan fingerprint density at radius 3 is 2.86 bits per heavy atom. The highest BCUT2D eigenvalue weighted by Crippen LogP contribution is 2.28. The Morgan fingerprint density at radius 2 is 2.21 bits per heavy atom. The SMILES string of the molecule is CNC(C)c1cnc(N2CCCC2)s1. The zero-order valence-corrected chi connectivity index (χ0v) is 9.60. The summed E-state index contributed by atoms with van der Waals surface area (Å²) < 4.78 is 0. The van der Waals surface area contributed by atoms with Crippen LogP contribution < -0.4 is 10.2 Å². The van der Waals surface area contributed by atoms with Gasteiger partial charge in [0.2, 0.25) is 0 Å². The highest BCUT2D eigenvalue weighted by atomic mass is 32.1. The molecule has 1 N–H and O–H groups in total. The van der Waals surface area contributed by atoms with E-state index in [1.807, 2.05) is 24.6 Å². The van der Waals surface area contributed by atoms with E-state index in [-0.39, 0.29) is 0 Å². The Kier molecular flexibility index (Phi) is 3.03. The van der Waals surface area contributed by atoms with Crippen molar-refractivity contribution < 1.29 is 0 Å². The maximum Gasteiger partial charge on any atom is 0.185 e. The number of anilines is 1. The Balaban J connectivity index is 2.08. The van der Waals surface area contributed by atoms with Gasteiger partial charge in [0, 0.05) is 30.2 Å². The normalized spacial score (nSPS) is 18.9. The molecule has 0 saturated carbocycles. The fourth-order valence-corrected chi connectivity index (χ4v) is 2.70. The Labute approximate surface area is 89.1 Å². The molecule has 0 spiro atoms. The zero-order valence-electron chi connectivity index (χ0n) is 8.79. The van der Waals surface area contributed by atoms with Crippen molar-refractivity contribution in [3.63, 3.8) is 0 Å². The Morgan fingerprint density at radius 1 is 1.50 bits per heavy atom. The minimum absolute atomic E-state index is 0.420. The van der Waals surface area contributed by atoms with Crippen molar-refractivity contribution in [3.05, 3.63) is 11.1 Å². The van der Waals surface area contributed by atoms with Gasteiger partial charge in [-0.15, -0.1) is 11.3 Å². The van der Waals surface area contributed by atoms with Crippen molar-refractivity contribution in [1.82, 2.24) is 10.3 Å². The van der Waals surface area contributed by atoms with Gasteiger partial charge >= 0.3 is 0 Å². The van der Waals surface area contributed by atoms with Gasteiger partial charge in [0.05, 0.1) is 0 Å². The summed E-state index contributed by atoms with van der Waals surface area (Å²) in [4.78, 5) is 8.19. The number of aromatic nitrogens is 1. The molecule has 0 amide bonds. The van der Waals surface area contributed by atoms with Crippen molar-refractivity contribution in [3.8, 4) is 0 Å². The van der Waals surface area contributed by atoms with E-state index in [9.17, 15) is 0 Å². The highest BCUT2D eigenvalue weighted by molar-refractivity contribution is 7.15. The summed E-state index contributed by atoms with van der Waals surface area (Å²) in [5.74, 6) is 0. The molecule has 1 aliphatic rings. The predicted molar refractivity (Wildman–Crippen MR) is 61.0 cm³/mol. The van der Waals surface area contributed by atoms with Crippen LogP contribution in [0.15, 0.2) is 6.20 Å². The molecular weight excluding hydrogens is 194 g/mol. The first-order valence-electron chi connectivity index (χ1n) is 5.19. The molecule has 14 heavy (non-hydrogen) atoms. The summed E-state index contributed by atoms with van der Waals surface area (Å²) in [6, 6.07) is 0.420. The molecule has 1 unspecified atom stereocenters. The minimum Gasteiger partial charge on any atom is -0.348 e. The van der Waals surface area contributed by atoms with Gasteiger partial charge in [-0.3, -0.25) is 0 Å². The Bertz CT molecular complexity index is 291. The fraction of sp³-hybridized carbons (Fsp3) is 0.700. The van der Waals surface area contributed by atoms with Crippen LogP contribution >= 0.6 is 11.3 Å². The summed E-state index contributed by atoms with van der Waals surface area (Å²) in [6.07, 6.45) is 4.63. The largest absolute Gasteiger partial charge is 0.348 e. The quantitative estimate of drug-likeness (QED) is 0.829. The van der Waals surface area contributed by atoms with Crippen LogP contribution in [-0.2, 0) is 0 Å². The van der Waals surface area contributed by atoms with Crippen molar-refractivity contribution in [2.75, 3.05) is 25.0 Å². The van der Waals surface area contributed by atoms with E-state index < -0.39 is 0 Å². The van der Waals surface area contributed by atoms with Crippen LogP contribution in [0.3, 0.4) is 0 Å². The zero-order chi connectivity index (χ0) is 9.97. The maximum absolute atomic E-state index is 4.47. The lowest BCUT2D eigenvalue weighted by molar-refractivity contribution is 0.662. The summed E-state index contributed by atoms with van der Waals surface area (Å²) >= 11 is 1.82. The molecule has 2 rings (SSSR count). The second kappa shape index (κ2) is 4.28. The second-order valence-corrected chi connectivity index (χ2v) is 4.79. The number of hydrogen-bond donors (Lipinski definition) is 1. The van der Waals surface area contributed by atoms with Crippen molar-refractivity contribution in [2.24, 2.45) is 0 Å². The first-order chi connectivity index (χ1) is 6.81. The van der Waals surface area contributed by atoms with Crippen LogP contribution in [0, 0.1) is 0 Å². The van der Waals surface area contributed by atoms with Crippen LogP contribution in [0.4, 0.5) is 5.13 Å². The lowest BCUT2D eigenvalue weighted by Gasteiger charge is -2.12. The third kappa shape index (κ3) is 1.91. The lowest BCUT2D eigenvalue weighted by Crippen LogP contribution is -2.16. The topological polar surface area (TPSA) is 28.2 Å². The molecule has 1 aromatic heterocycles. The molecule has 1 aromatic rings. The van der Waals surface area contributed by atoms with Gasteiger partial charge < -0.3 is 10.2 Å². The van der Waals surface area contributed by atoms with Crippen LogP contribution in [0.25, 0.3) is 0 Å². The van der Waals surface area contributed by atoms with E-state index in [0.717, 1.165) is 0 Å². The van der Waals surface area contributed by atoms with Crippen molar-refractivity contribution >= 4 is 16.5 Å². The molecule has 1 saturated heterocycles. The highest BCUT2D eigenvalue weighted by Gasteiger charge is 2.16. The van der Waals surface area contributed by atoms with Crippen molar-refractivity contribution in [2.45, 2.75) is 25.8 Å². The summed E-state index contributed by atoms with van der Waals surface area (Å²) in [5.41, 5.74) is 0. The fourth-order valence-electron chi connectivity index (χ4n) is 1.67. The third-order valence-corrected chi connectivity index (χ3v) is 3.99. The molecule has 1 atom stereocenters. The third-order valence-electron chi connectivity index (χ3n) is 2.75. The smallest absolute Gasteiger partial charge is 0.185 e. The standard InChI is InChI=1S/C10H17N3S/c1-8(11-2)9-7-12-10(14-9)13-5-3-4-6-13/h7-8,11H,3-6H2,1-2H3. The molecule has 0 aliphatic carbocycles. The minimum atomic E-state index is 0.420. The molecular formula is C10H17N3S. The summed E-state index contributed by atoms with van der Waals surface area (Å²) in [7, 11) is 1.99. The van der Waals surface area contributed by atoms with Crippen LogP contribution in [0.5, 0.6) is 0 Å². The first kappa shape index (κ1) is 9.93. The van der Waals surface area contributed by atoms with E-state index in [1.54, 1.807) is 0 Å². The van der Waals surface area contributed by atoms with Gasteiger partial charge in [-0.2, -0.15) is 0 Å². The van der Waals surface area contributed by atoms with E-state index in [2.05, 4.69) is 22.1 Å². The van der Waals surface area contributed by atoms with E-state index in [1.165, 1.54) is 35.9 Å². The van der Waals surface area contributed by atoms with Gasteiger partial charge in [-0.05, 0) is 26.8 Å². The van der Waals surface area contributed by atoms with Gasteiger partial charge in [0.1, 0.15) is 0 Å². The number of hydrogen-bond acceptors (Lipinski definition) is 4. The monoisotopic (exact) mass is 211 g/mol. The maximum atomic E-state index is 4.47. The van der Waals surface area contributed by atoms with Crippen LogP contribution in [-0.4, -0.2) is 25.1 Å². The molecule has 4 heteroatoms. The molecule has 1 fully saturated rings. The number of nitrogens with zero attached hydrogens (tertiary/aromatic N) is 2. The molecule has 1 aliphatic heterocycles. The van der Waals surface area contributed by atoms with E-state index in [4.69, 9.17) is 0 Å². The van der Waals surface area contributed by atoms with E-state index in [0.29, 0.717) is 6.04 Å².